The maximum absolute atomic E-state index is 13.1. The first-order valence-electron chi connectivity index (χ1n) is 11.5. The minimum Gasteiger partial charge on any atom is -0.486 e. The van der Waals surface area contributed by atoms with Crippen molar-refractivity contribution in [2.45, 2.75) is 37.6 Å². The van der Waals surface area contributed by atoms with Crippen LogP contribution in [-0.2, 0) is 14.8 Å². The minimum absolute atomic E-state index is 0.0657. The molecule has 1 unspecified atom stereocenters. The number of fused-ring (bicyclic) bond motifs is 1. The molecule has 0 spiro atoms. The van der Waals surface area contributed by atoms with E-state index < -0.39 is 10.0 Å². The number of sulfonamides is 1. The van der Waals surface area contributed by atoms with Crippen molar-refractivity contribution in [2.24, 2.45) is 11.8 Å². The van der Waals surface area contributed by atoms with E-state index in [-0.39, 0.29) is 41.8 Å². The second-order valence-corrected chi connectivity index (χ2v) is 10.9. The van der Waals surface area contributed by atoms with Crippen molar-refractivity contribution in [1.29, 1.82) is 5.26 Å². The predicted molar refractivity (Wildman–Crippen MR) is 126 cm³/mol. The fourth-order valence-electron chi connectivity index (χ4n) is 4.37. The molecule has 1 atom stereocenters. The van der Waals surface area contributed by atoms with E-state index in [0.29, 0.717) is 43.1 Å². The normalized spacial score (nSPS) is 17.7. The monoisotopic (exact) mass is 483 g/mol. The van der Waals surface area contributed by atoms with Gasteiger partial charge in [-0.25, -0.2) is 8.42 Å². The molecule has 9 heteroatoms. The van der Waals surface area contributed by atoms with Crippen LogP contribution in [0.1, 0.15) is 43.9 Å². The van der Waals surface area contributed by atoms with Crippen molar-refractivity contribution in [3.05, 3.63) is 53.6 Å². The summed E-state index contributed by atoms with van der Waals surface area (Å²) in [4.78, 5) is 13.3. The van der Waals surface area contributed by atoms with E-state index in [1.807, 2.05) is 24.3 Å². The van der Waals surface area contributed by atoms with Crippen molar-refractivity contribution in [1.82, 2.24) is 9.62 Å². The summed E-state index contributed by atoms with van der Waals surface area (Å²) in [6, 6.07) is 13.4. The number of carbonyl (C=O) groups is 1. The standard InChI is InChI=1S/C25H29N3O5S/c1-17(2)24(20-5-8-22-23(15-20)33-14-13-32-22)27-25(29)19-9-11-28(12-10-19)34(30,31)21-6-3-18(16-26)4-7-21/h3-8,15,17,19,24H,9-14H2,1-2H3,(H,27,29). The lowest BCUT2D eigenvalue weighted by Crippen LogP contribution is -2.44. The van der Waals surface area contributed by atoms with Crippen LogP contribution in [0, 0.1) is 23.2 Å². The molecule has 2 aromatic carbocycles. The highest BCUT2D eigenvalue weighted by molar-refractivity contribution is 7.89. The highest BCUT2D eigenvalue weighted by Gasteiger charge is 2.33. The summed E-state index contributed by atoms with van der Waals surface area (Å²) in [5, 5.41) is 12.1. The van der Waals surface area contributed by atoms with E-state index in [1.165, 1.54) is 28.6 Å². The van der Waals surface area contributed by atoms with Gasteiger partial charge >= 0.3 is 0 Å². The number of piperidine rings is 1. The van der Waals surface area contributed by atoms with E-state index in [1.54, 1.807) is 0 Å². The van der Waals surface area contributed by atoms with Gasteiger partial charge in [0.05, 0.1) is 22.6 Å². The molecule has 2 heterocycles. The van der Waals surface area contributed by atoms with Crippen LogP contribution in [-0.4, -0.2) is 44.9 Å². The largest absolute Gasteiger partial charge is 0.486 e. The molecule has 0 bridgehead atoms. The molecule has 34 heavy (non-hydrogen) atoms. The molecular weight excluding hydrogens is 454 g/mol. The number of ether oxygens (including phenoxy) is 2. The zero-order valence-corrected chi connectivity index (χ0v) is 20.2. The Bertz CT molecular complexity index is 1180. The van der Waals surface area contributed by atoms with E-state index in [4.69, 9.17) is 14.7 Å². The summed E-state index contributed by atoms with van der Waals surface area (Å²) in [5.41, 5.74) is 1.36. The Hall–Kier alpha value is -3.09. The average molecular weight is 484 g/mol. The van der Waals surface area contributed by atoms with Crippen LogP contribution >= 0.6 is 0 Å². The number of rotatable bonds is 6. The van der Waals surface area contributed by atoms with E-state index in [0.717, 1.165) is 5.56 Å². The van der Waals surface area contributed by atoms with Crippen LogP contribution in [0.15, 0.2) is 47.4 Å². The molecule has 0 aliphatic carbocycles. The third-order valence-electron chi connectivity index (χ3n) is 6.34. The van der Waals surface area contributed by atoms with Crippen LogP contribution in [0.2, 0.25) is 0 Å². The number of carbonyl (C=O) groups excluding carboxylic acids is 1. The Labute approximate surface area is 200 Å². The van der Waals surface area contributed by atoms with Gasteiger partial charge in [0, 0.05) is 19.0 Å². The Morgan fingerprint density at radius 1 is 1.06 bits per heavy atom. The van der Waals surface area contributed by atoms with Crippen molar-refractivity contribution < 1.29 is 22.7 Å². The lowest BCUT2D eigenvalue weighted by atomic mass is 9.92. The summed E-state index contributed by atoms with van der Waals surface area (Å²) < 4.78 is 38.6. The van der Waals surface area contributed by atoms with Gasteiger partial charge in [-0.1, -0.05) is 19.9 Å². The SMILES string of the molecule is CC(C)C(NC(=O)C1CCN(S(=O)(=O)c2ccc(C#N)cc2)CC1)c1ccc2c(c1)OCCO2. The molecule has 4 rings (SSSR count). The first-order chi connectivity index (χ1) is 16.3. The molecule has 1 amide bonds. The van der Waals surface area contributed by atoms with Gasteiger partial charge in [0.15, 0.2) is 11.5 Å². The molecule has 0 saturated carbocycles. The van der Waals surface area contributed by atoms with Crippen molar-refractivity contribution in [3.63, 3.8) is 0 Å². The lowest BCUT2D eigenvalue weighted by molar-refractivity contribution is -0.127. The lowest BCUT2D eigenvalue weighted by Gasteiger charge is -2.32. The molecule has 1 N–H and O–H groups in total. The molecule has 2 aromatic rings. The van der Waals surface area contributed by atoms with Crippen LogP contribution in [0.4, 0.5) is 0 Å². The molecule has 0 aromatic heterocycles. The van der Waals surface area contributed by atoms with Gasteiger partial charge in [0.1, 0.15) is 13.2 Å². The third kappa shape index (κ3) is 5.03. The Kier molecular flexibility index (Phi) is 7.10. The molecule has 1 saturated heterocycles. The second kappa shape index (κ2) is 10.0. The Balaban J connectivity index is 1.40. The Morgan fingerprint density at radius 3 is 2.32 bits per heavy atom. The number of hydrogen-bond donors (Lipinski definition) is 1. The fourth-order valence-corrected chi connectivity index (χ4v) is 5.84. The second-order valence-electron chi connectivity index (χ2n) is 8.95. The van der Waals surface area contributed by atoms with Gasteiger partial charge in [-0.3, -0.25) is 4.79 Å². The average Bonchev–Trinajstić information content (AvgIpc) is 2.86. The summed E-state index contributed by atoms with van der Waals surface area (Å²) in [6.45, 7) is 5.67. The molecule has 8 nitrogen and oxygen atoms in total. The number of nitrogens with one attached hydrogen (secondary N) is 1. The molecule has 0 radical (unpaired) electrons. The Morgan fingerprint density at radius 2 is 1.71 bits per heavy atom. The topological polar surface area (TPSA) is 109 Å². The number of nitrogens with zero attached hydrogens (tertiary/aromatic N) is 2. The zero-order chi connectivity index (χ0) is 24.3. The van der Waals surface area contributed by atoms with Gasteiger partial charge < -0.3 is 14.8 Å². The van der Waals surface area contributed by atoms with E-state index >= 15 is 0 Å². The molecule has 180 valence electrons. The maximum Gasteiger partial charge on any atom is 0.243 e. The summed E-state index contributed by atoms with van der Waals surface area (Å²) in [6.07, 6.45) is 0.903. The predicted octanol–water partition coefficient (Wildman–Crippen LogP) is 3.24. The quantitative estimate of drug-likeness (QED) is 0.676. The summed E-state index contributed by atoms with van der Waals surface area (Å²) in [7, 11) is -3.66. The van der Waals surface area contributed by atoms with Gasteiger partial charge in [-0.05, 0) is 60.7 Å². The van der Waals surface area contributed by atoms with Crippen LogP contribution in [0.3, 0.4) is 0 Å². The van der Waals surface area contributed by atoms with Gasteiger partial charge in [0.25, 0.3) is 0 Å². The van der Waals surface area contributed by atoms with Gasteiger partial charge in [-0.15, -0.1) is 0 Å². The summed E-state index contributed by atoms with van der Waals surface area (Å²) >= 11 is 0. The highest BCUT2D eigenvalue weighted by atomic mass is 32.2. The van der Waals surface area contributed by atoms with Crippen LogP contribution in [0.25, 0.3) is 0 Å². The number of amides is 1. The maximum atomic E-state index is 13.1. The zero-order valence-electron chi connectivity index (χ0n) is 19.4. The smallest absolute Gasteiger partial charge is 0.243 e. The van der Waals surface area contributed by atoms with Crippen LogP contribution in [0.5, 0.6) is 11.5 Å². The van der Waals surface area contributed by atoms with E-state index in [9.17, 15) is 13.2 Å². The molecule has 2 aliphatic rings. The third-order valence-corrected chi connectivity index (χ3v) is 8.25. The van der Waals surface area contributed by atoms with Crippen molar-refractivity contribution in [3.8, 4) is 17.6 Å². The number of hydrogen-bond acceptors (Lipinski definition) is 6. The van der Waals surface area contributed by atoms with Crippen molar-refractivity contribution in [2.75, 3.05) is 26.3 Å². The minimum atomic E-state index is -3.66. The molecule has 1 fully saturated rings. The first kappa shape index (κ1) is 24.0. The van der Waals surface area contributed by atoms with Gasteiger partial charge in [-0.2, -0.15) is 9.57 Å². The first-order valence-corrected chi connectivity index (χ1v) is 12.9. The highest BCUT2D eigenvalue weighted by Crippen LogP contribution is 2.35. The van der Waals surface area contributed by atoms with Crippen molar-refractivity contribution >= 4 is 15.9 Å². The summed E-state index contributed by atoms with van der Waals surface area (Å²) in [5.74, 6) is 1.22. The van der Waals surface area contributed by atoms with Crippen LogP contribution < -0.4 is 14.8 Å². The molecular formula is C25H29N3O5S. The fraction of sp³-hybridized carbons (Fsp3) is 0.440. The molecule has 2 aliphatic heterocycles. The van der Waals surface area contributed by atoms with Gasteiger partial charge in [0.2, 0.25) is 15.9 Å². The number of benzene rings is 2. The van der Waals surface area contributed by atoms with E-state index in [2.05, 4.69) is 19.2 Å². The number of nitriles is 1.